The zero-order chi connectivity index (χ0) is 17.8. The second kappa shape index (κ2) is 7.11. The van der Waals surface area contributed by atoms with E-state index in [4.69, 9.17) is 0 Å². The molecule has 0 atom stereocenters. The van der Waals surface area contributed by atoms with Gasteiger partial charge in [-0.05, 0) is 42.0 Å². The molecule has 0 aliphatic carbocycles. The second-order valence-corrected chi connectivity index (χ2v) is 5.96. The van der Waals surface area contributed by atoms with Crippen LogP contribution in [0.25, 0.3) is 11.0 Å². The van der Waals surface area contributed by atoms with Crippen molar-refractivity contribution in [3.05, 3.63) is 84.4 Å². The molecular formula is C21H19N5. The Morgan fingerprint density at radius 2 is 1.58 bits per heavy atom. The van der Waals surface area contributed by atoms with Gasteiger partial charge in [-0.3, -0.25) is 0 Å². The maximum Gasteiger partial charge on any atom is 0.222 e. The molecule has 26 heavy (non-hydrogen) atoms. The summed E-state index contributed by atoms with van der Waals surface area (Å²) in [7, 11) is 2.06. The Kier molecular flexibility index (Phi) is 4.35. The first-order chi connectivity index (χ1) is 12.8. The molecule has 1 aromatic heterocycles. The van der Waals surface area contributed by atoms with Crippen LogP contribution in [0.3, 0.4) is 0 Å². The van der Waals surface area contributed by atoms with Crippen molar-refractivity contribution in [2.75, 3.05) is 17.4 Å². The summed E-state index contributed by atoms with van der Waals surface area (Å²) < 4.78 is 0. The normalized spacial score (nSPS) is 11.1. The number of nitrogens with zero attached hydrogens (tertiary/aromatic N) is 3. The van der Waals surface area contributed by atoms with Crippen LogP contribution in [-0.2, 0) is 0 Å². The Balaban J connectivity index is 1.43. The third-order valence-corrected chi connectivity index (χ3v) is 4.20. The van der Waals surface area contributed by atoms with Crippen LogP contribution in [0.5, 0.6) is 0 Å². The van der Waals surface area contributed by atoms with Crippen molar-refractivity contribution < 1.29 is 0 Å². The van der Waals surface area contributed by atoms with Gasteiger partial charge in [0, 0.05) is 18.4 Å². The molecule has 4 aromatic rings. The van der Waals surface area contributed by atoms with Crippen molar-refractivity contribution >= 4 is 34.6 Å². The number of fused-ring (bicyclic) bond motifs is 1. The summed E-state index contributed by atoms with van der Waals surface area (Å²) in [6.45, 7) is 0. The molecule has 5 heteroatoms. The Morgan fingerprint density at radius 1 is 0.885 bits per heavy atom. The van der Waals surface area contributed by atoms with E-state index < -0.39 is 0 Å². The number of rotatable bonds is 5. The Bertz CT molecular complexity index is 986. The molecule has 1 heterocycles. The number of benzene rings is 3. The monoisotopic (exact) mass is 341 g/mol. The van der Waals surface area contributed by atoms with E-state index in [1.807, 2.05) is 54.6 Å². The number of hydrazone groups is 1. The molecule has 128 valence electrons. The zero-order valence-corrected chi connectivity index (χ0v) is 14.4. The lowest BCUT2D eigenvalue weighted by molar-refractivity contribution is 1.21. The number of imidazole rings is 1. The molecular weight excluding hydrogens is 322 g/mol. The fourth-order valence-electron chi connectivity index (χ4n) is 2.76. The number of aromatic amines is 1. The molecule has 0 aliphatic heterocycles. The lowest BCUT2D eigenvalue weighted by Gasteiger charge is -2.19. The number of anilines is 3. The maximum atomic E-state index is 4.43. The highest BCUT2D eigenvalue weighted by Crippen LogP contribution is 2.23. The van der Waals surface area contributed by atoms with Crippen LogP contribution in [0.2, 0.25) is 0 Å². The summed E-state index contributed by atoms with van der Waals surface area (Å²) in [5, 5.41) is 4.26. The molecule has 0 saturated heterocycles. The van der Waals surface area contributed by atoms with Crippen LogP contribution in [0.4, 0.5) is 17.3 Å². The van der Waals surface area contributed by atoms with Gasteiger partial charge in [0.15, 0.2) is 0 Å². The van der Waals surface area contributed by atoms with Gasteiger partial charge in [0.25, 0.3) is 0 Å². The average Bonchev–Trinajstić information content (AvgIpc) is 3.11. The van der Waals surface area contributed by atoms with E-state index in [2.05, 4.69) is 56.7 Å². The van der Waals surface area contributed by atoms with Crippen molar-refractivity contribution in [2.24, 2.45) is 5.10 Å². The number of nitrogens with one attached hydrogen (secondary N) is 2. The highest BCUT2D eigenvalue weighted by atomic mass is 15.3. The van der Waals surface area contributed by atoms with Gasteiger partial charge in [0.05, 0.1) is 17.2 Å². The number of hydrogen-bond donors (Lipinski definition) is 2. The van der Waals surface area contributed by atoms with Gasteiger partial charge < -0.3 is 9.88 Å². The van der Waals surface area contributed by atoms with Crippen molar-refractivity contribution in [3.8, 4) is 0 Å². The molecule has 0 radical (unpaired) electrons. The number of hydrogen-bond acceptors (Lipinski definition) is 4. The summed E-state index contributed by atoms with van der Waals surface area (Å²) in [6.07, 6.45) is 1.78. The number of H-pyrrole nitrogens is 1. The lowest BCUT2D eigenvalue weighted by Crippen LogP contribution is -2.08. The number of para-hydroxylation sites is 3. The second-order valence-electron chi connectivity index (χ2n) is 5.96. The van der Waals surface area contributed by atoms with E-state index in [1.165, 1.54) is 0 Å². The number of aromatic nitrogens is 2. The molecule has 0 aliphatic rings. The minimum absolute atomic E-state index is 0.628. The minimum Gasteiger partial charge on any atom is -0.345 e. The van der Waals surface area contributed by atoms with E-state index >= 15 is 0 Å². The Morgan fingerprint density at radius 3 is 2.35 bits per heavy atom. The van der Waals surface area contributed by atoms with E-state index in [0.717, 1.165) is 28.0 Å². The summed E-state index contributed by atoms with van der Waals surface area (Å²) in [5.74, 6) is 0.628. The summed E-state index contributed by atoms with van der Waals surface area (Å²) >= 11 is 0. The largest absolute Gasteiger partial charge is 0.345 e. The molecule has 2 N–H and O–H groups in total. The van der Waals surface area contributed by atoms with Crippen molar-refractivity contribution in [3.63, 3.8) is 0 Å². The smallest absolute Gasteiger partial charge is 0.222 e. The zero-order valence-electron chi connectivity index (χ0n) is 14.4. The predicted molar refractivity (Wildman–Crippen MR) is 108 cm³/mol. The van der Waals surface area contributed by atoms with Crippen LogP contribution in [-0.4, -0.2) is 23.2 Å². The minimum atomic E-state index is 0.628. The first-order valence-electron chi connectivity index (χ1n) is 8.42. The van der Waals surface area contributed by atoms with Crippen molar-refractivity contribution in [1.82, 2.24) is 9.97 Å². The summed E-state index contributed by atoms with van der Waals surface area (Å²) in [4.78, 5) is 9.76. The van der Waals surface area contributed by atoms with Crippen LogP contribution in [0.15, 0.2) is 84.0 Å². The van der Waals surface area contributed by atoms with Gasteiger partial charge in [-0.15, -0.1) is 0 Å². The summed E-state index contributed by atoms with van der Waals surface area (Å²) in [6, 6.07) is 26.4. The van der Waals surface area contributed by atoms with Crippen molar-refractivity contribution in [2.45, 2.75) is 0 Å². The Labute approximate surface area is 152 Å². The highest BCUT2D eigenvalue weighted by molar-refractivity contribution is 5.82. The third-order valence-electron chi connectivity index (χ3n) is 4.20. The third kappa shape index (κ3) is 3.42. The molecule has 0 fully saturated rings. The van der Waals surface area contributed by atoms with E-state index in [9.17, 15) is 0 Å². The molecule has 3 aromatic carbocycles. The first kappa shape index (κ1) is 15.9. The fourth-order valence-corrected chi connectivity index (χ4v) is 2.76. The van der Waals surface area contributed by atoms with E-state index in [-0.39, 0.29) is 0 Å². The average molecular weight is 341 g/mol. The van der Waals surface area contributed by atoms with Gasteiger partial charge in [-0.25, -0.2) is 10.4 Å². The van der Waals surface area contributed by atoms with Gasteiger partial charge in [-0.1, -0.05) is 42.5 Å². The fraction of sp³-hybridized carbons (Fsp3) is 0.0476. The molecule has 0 saturated carbocycles. The Hall–Kier alpha value is -3.60. The van der Waals surface area contributed by atoms with Gasteiger partial charge in [-0.2, -0.15) is 5.10 Å². The first-order valence-corrected chi connectivity index (χ1v) is 8.42. The van der Waals surface area contributed by atoms with E-state index in [1.54, 1.807) is 6.21 Å². The van der Waals surface area contributed by atoms with Crippen LogP contribution in [0.1, 0.15) is 5.56 Å². The molecule has 4 rings (SSSR count). The van der Waals surface area contributed by atoms with Gasteiger partial charge in [0.2, 0.25) is 5.95 Å². The lowest BCUT2D eigenvalue weighted by atomic mass is 10.2. The van der Waals surface area contributed by atoms with Crippen LogP contribution in [0, 0.1) is 0 Å². The van der Waals surface area contributed by atoms with E-state index in [0.29, 0.717) is 5.95 Å². The maximum absolute atomic E-state index is 4.43. The SMILES string of the molecule is CN(c1ccccc1)c1ccc(/C=N\Nc2nc3ccccc3[nH]2)cc1. The summed E-state index contributed by atoms with van der Waals surface area (Å²) in [5.41, 5.74) is 8.13. The standard InChI is InChI=1S/C21H19N5/c1-26(17-7-3-2-4-8-17)18-13-11-16(12-14-18)15-22-25-21-23-19-9-5-6-10-20(19)24-21/h2-15H,1H3,(H2,23,24,25)/b22-15-. The van der Waals surface area contributed by atoms with Crippen molar-refractivity contribution in [1.29, 1.82) is 0 Å². The molecule has 0 bridgehead atoms. The quantitative estimate of drug-likeness (QED) is 0.406. The highest BCUT2D eigenvalue weighted by Gasteiger charge is 2.03. The van der Waals surface area contributed by atoms with Gasteiger partial charge in [0.1, 0.15) is 0 Å². The molecule has 0 spiro atoms. The van der Waals surface area contributed by atoms with Gasteiger partial charge >= 0.3 is 0 Å². The molecule has 5 nitrogen and oxygen atoms in total. The molecule has 0 unspecified atom stereocenters. The molecule has 0 amide bonds. The van der Waals surface area contributed by atoms with Crippen LogP contribution < -0.4 is 10.3 Å². The topological polar surface area (TPSA) is 56.3 Å². The predicted octanol–water partition coefficient (Wildman–Crippen LogP) is 4.78. The van der Waals surface area contributed by atoms with Crippen LogP contribution >= 0.6 is 0 Å².